The monoisotopic (exact) mass is 310 g/mol. The molecule has 0 saturated heterocycles. The van der Waals surface area contributed by atoms with E-state index < -0.39 is 5.97 Å². The minimum atomic E-state index is -0.523. The fourth-order valence-electron chi connectivity index (χ4n) is 2.20. The molecule has 0 N–H and O–H groups in total. The van der Waals surface area contributed by atoms with E-state index in [9.17, 15) is 4.79 Å². The number of pyridine rings is 1. The van der Waals surface area contributed by atoms with Gasteiger partial charge in [0.2, 0.25) is 5.90 Å². The van der Waals surface area contributed by atoms with Crippen molar-refractivity contribution in [3.63, 3.8) is 0 Å². The number of rotatable bonds is 4. The lowest BCUT2D eigenvalue weighted by atomic mass is 10.1. The topological polar surface area (TPSA) is 70.0 Å². The maximum Gasteiger partial charge on any atom is 0.363 e. The maximum atomic E-state index is 12.1. The smallest absolute Gasteiger partial charge is 0.363 e. The summed E-state index contributed by atoms with van der Waals surface area (Å²) < 4.78 is 15.9. The molecule has 0 radical (unpaired) electrons. The molecule has 1 aromatic heterocycles. The largest absolute Gasteiger partial charge is 0.496 e. The van der Waals surface area contributed by atoms with Crippen molar-refractivity contribution in [1.29, 1.82) is 0 Å². The summed E-state index contributed by atoms with van der Waals surface area (Å²) in [7, 11) is 3.06. The highest BCUT2D eigenvalue weighted by Gasteiger charge is 2.28. The molecule has 0 saturated carbocycles. The van der Waals surface area contributed by atoms with Gasteiger partial charge in [0, 0.05) is 12.4 Å². The van der Waals surface area contributed by atoms with Crippen LogP contribution < -0.4 is 9.47 Å². The second kappa shape index (κ2) is 6.31. The van der Waals surface area contributed by atoms with Crippen LogP contribution in [0.5, 0.6) is 11.5 Å². The van der Waals surface area contributed by atoms with E-state index in [0.29, 0.717) is 17.1 Å². The molecule has 1 aliphatic rings. The molecule has 0 bridgehead atoms. The SMILES string of the molecule is COc1cccc(OC)c1C1=N/C(=C/c2ccncc2)C(=O)O1. The van der Waals surface area contributed by atoms with Gasteiger partial charge < -0.3 is 14.2 Å². The Morgan fingerprint density at radius 3 is 2.30 bits per heavy atom. The highest BCUT2D eigenvalue weighted by atomic mass is 16.6. The van der Waals surface area contributed by atoms with Crippen molar-refractivity contribution >= 4 is 17.9 Å². The van der Waals surface area contributed by atoms with Crippen LogP contribution in [0, 0.1) is 0 Å². The summed E-state index contributed by atoms with van der Waals surface area (Å²) in [5, 5.41) is 0. The van der Waals surface area contributed by atoms with E-state index in [1.165, 1.54) is 14.2 Å². The fourth-order valence-corrected chi connectivity index (χ4v) is 2.20. The molecular formula is C17H14N2O4. The minimum absolute atomic E-state index is 0.157. The fraction of sp³-hybridized carbons (Fsp3) is 0.118. The molecule has 1 aliphatic heterocycles. The summed E-state index contributed by atoms with van der Waals surface area (Å²) in [6.07, 6.45) is 4.92. The molecule has 0 unspecified atom stereocenters. The van der Waals surface area contributed by atoms with Crippen molar-refractivity contribution in [2.45, 2.75) is 0 Å². The number of hydrogen-bond acceptors (Lipinski definition) is 6. The van der Waals surface area contributed by atoms with E-state index in [-0.39, 0.29) is 11.6 Å². The minimum Gasteiger partial charge on any atom is -0.496 e. The Morgan fingerprint density at radius 1 is 1.04 bits per heavy atom. The summed E-state index contributed by atoms with van der Waals surface area (Å²) in [5.74, 6) is 0.663. The van der Waals surface area contributed by atoms with Gasteiger partial charge in [-0.2, -0.15) is 0 Å². The molecule has 6 heteroatoms. The van der Waals surface area contributed by atoms with Gasteiger partial charge >= 0.3 is 5.97 Å². The number of carbonyl (C=O) groups is 1. The van der Waals surface area contributed by atoms with E-state index >= 15 is 0 Å². The van der Waals surface area contributed by atoms with Gasteiger partial charge in [0.1, 0.15) is 17.1 Å². The average Bonchev–Trinajstić information content (AvgIpc) is 2.95. The molecule has 0 spiro atoms. The number of hydrogen-bond donors (Lipinski definition) is 0. The number of benzene rings is 1. The standard InChI is InChI=1S/C17H14N2O4/c1-21-13-4-3-5-14(22-2)15(13)16-19-12(17(20)23-16)10-11-6-8-18-9-7-11/h3-10H,1-2H3/b12-10+. The molecule has 23 heavy (non-hydrogen) atoms. The van der Waals surface area contributed by atoms with E-state index in [4.69, 9.17) is 14.2 Å². The molecule has 2 heterocycles. The average molecular weight is 310 g/mol. The number of esters is 1. The Hall–Kier alpha value is -3.15. The Kier molecular flexibility index (Phi) is 4.05. The van der Waals surface area contributed by atoms with E-state index in [2.05, 4.69) is 9.98 Å². The summed E-state index contributed by atoms with van der Waals surface area (Å²) in [6.45, 7) is 0. The highest BCUT2D eigenvalue weighted by Crippen LogP contribution is 2.32. The molecule has 1 aromatic carbocycles. The zero-order chi connectivity index (χ0) is 16.2. The van der Waals surface area contributed by atoms with Crippen molar-refractivity contribution in [2.24, 2.45) is 4.99 Å². The summed E-state index contributed by atoms with van der Waals surface area (Å²) in [4.78, 5) is 20.3. The van der Waals surface area contributed by atoms with Gasteiger partial charge in [0.05, 0.1) is 14.2 Å². The van der Waals surface area contributed by atoms with E-state index in [1.54, 1.807) is 48.8 Å². The van der Waals surface area contributed by atoms with Gasteiger partial charge in [-0.05, 0) is 35.9 Å². The Bertz CT molecular complexity index is 775. The lowest BCUT2D eigenvalue weighted by Gasteiger charge is -2.11. The first-order chi connectivity index (χ1) is 11.2. The molecule has 3 rings (SSSR count). The zero-order valence-electron chi connectivity index (χ0n) is 12.6. The molecule has 0 aliphatic carbocycles. The third kappa shape index (κ3) is 2.91. The molecule has 0 atom stereocenters. The quantitative estimate of drug-likeness (QED) is 0.641. The molecule has 0 amide bonds. The maximum absolute atomic E-state index is 12.1. The lowest BCUT2D eigenvalue weighted by Crippen LogP contribution is -2.08. The van der Waals surface area contributed by atoms with Crippen molar-refractivity contribution < 1.29 is 19.0 Å². The van der Waals surface area contributed by atoms with Crippen LogP contribution in [0.3, 0.4) is 0 Å². The second-order valence-electron chi connectivity index (χ2n) is 4.65. The van der Waals surface area contributed by atoms with Crippen molar-refractivity contribution in [2.75, 3.05) is 14.2 Å². The molecule has 2 aromatic rings. The molecule has 6 nitrogen and oxygen atoms in total. The number of methoxy groups -OCH3 is 2. The van der Waals surface area contributed by atoms with Gasteiger partial charge in [-0.15, -0.1) is 0 Å². The Labute approximate surface area is 133 Å². The van der Waals surface area contributed by atoms with Crippen LogP contribution in [0.4, 0.5) is 0 Å². The number of nitrogens with zero attached hydrogens (tertiary/aromatic N) is 2. The van der Waals surface area contributed by atoms with Gasteiger partial charge in [0.15, 0.2) is 5.70 Å². The highest BCUT2D eigenvalue weighted by molar-refractivity contribution is 6.14. The van der Waals surface area contributed by atoms with Crippen LogP contribution in [0.1, 0.15) is 11.1 Å². The van der Waals surface area contributed by atoms with Gasteiger partial charge in [-0.3, -0.25) is 4.98 Å². The number of carbonyl (C=O) groups excluding carboxylic acids is 1. The van der Waals surface area contributed by atoms with Gasteiger partial charge in [0.25, 0.3) is 0 Å². The second-order valence-corrected chi connectivity index (χ2v) is 4.65. The third-order valence-corrected chi connectivity index (χ3v) is 3.27. The van der Waals surface area contributed by atoms with Crippen LogP contribution >= 0.6 is 0 Å². The number of aromatic nitrogens is 1. The van der Waals surface area contributed by atoms with Crippen LogP contribution in [-0.2, 0) is 9.53 Å². The van der Waals surface area contributed by atoms with E-state index in [0.717, 1.165) is 5.56 Å². The summed E-state index contributed by atoms with van der Waals surface area (Å²) in [6, 6.07) is 8.83. The number of ether oxygens (including phenoxy) is 3. The first-order valence-electron chi connectivity index (χ1n) is 6.87. The van der Waals surface area contributed by atoms with Crippen molar-refractivity contribution in [3.8, 4) is 11.5 Å². The number of cyclic esters (lactones) is 1. The van der Waals surface area contributed by atoms with E-state index in [1.807, 2.05) is 0 Å². The van der Waals surface area contributed by atoms with Crippen LogP contribution in [0.2, 0.25) is 0 Å². The number of aliphatic imine (C=N–C) groups is 1. The zero-order valence-corrected chi connectivity index (χ0v) is 12.6. The van der Waals surface area contributed by atoms with Crippen LogP contribution in [0.15, 0.2) is 53.4 Å². The van der Waals surface area contributed by atoms with Crippen LogP contribution in [-0.4, -0.2) is 31.1 Å². The molecule has 0 fully saturated rings. The van der Waals surface area contributed by atoms with Gasteiger partial charge in [-0.25, -0.2) is 9.79 Å². The Morgan fingerprint density at radius 2 is 1.70 bits per heavy atom. The van der Waals surface area contributed by atoms with Crippen LogP contribution in [0.25, 0.3) is 6.08 Å². The summed E-state index contributed by atoms with van der Waals surface area (Å²) in [5.41, 5.74) is 1.52. The summed E-state index contributed by atoms with van der Waals surface area (Å²) >= 11 is 0. The molecular weight excluding hydrogens is 296 g/mol. The van der Waals surface area contributed by atoms with Gasteiger partial charge in [-0.1, -0.05) is 6.07 Å². The molecule has 116 valence electrons. The predicted molar refractivity (Wildman–Crippen MR) is 84.4 cm³/mol. The lowest BCUT2D eigenvalue weighted by molar-refractivity contribution is -0.129. The third-order valence-electron chi connectivity index (χ3n) is 3.27. The van der Waals surface area contributed by atoms with Crippen molar-refractivity contribution in [3.05, 3.63) is 59.5 Å². The predicted octanol–water partition coefficient (Wildman–Crippen LogP) is 2.44. The normalized spacial score (nSPS) is 15.3. The Balaban J connectivity index is 2.04. The first kappa shape index (κ1) is 14.8. The first-order valence-corrected chi connectivity index (χ1v) is 6.87. The van der Waals surface area contributed by atoms with Crippen molar-refractivity contribution in [1.82, 2.24) is 4.98 Å².